The van der Waals surface area contributed by atoms with Gasteiger partial charge < -0.3 is 14.4 Å². The number of halogens is 2. The number of nitrogens with one attached hydrogen (secondary N) is 1. The van der Waals surface area contributed by atoms with Crippen LogP contribution in [0.4, 0.5) is 8.78 Å². The highest BCUT2D eigenvalue weighted by Crippen LogP contribution is 2.55. The Hall–Kier alpha value is -2.70. The number of phosphoric acid groups is 1. The Labute approximate surface area is 171 Å². The number of fused-ring (bicyclic) bond motifs is 1. The molecule has 0 saturated carbocycles. The van der Waals surface area contributed by atoms with E-state index >= 15 is 4.39 Å². The van der Waals surface area contributed by atoms with Crippen molar-refractivity contribution in [3.63, 3.8) is 0 Å². The second-order valence-corrected chi connectivity index (χ2v) is 8.46. The van der Waals surface area contributed by atoms with E-state index in [2.05, 4.69) is 0 Å². The number of ether oxygens (including phenoxy) is 1. The molecule has 2 aromatic rings. The summed E-state index contributed by atoms with van der Waals surface area (Å²) in [6, 6.07) is 3.40. The second-order valence-electron chi connectivity index (χ2n) is 6.87. The van der Waals surface area contributed by atoms with Gasteiger partial charge in [0, 0.05) is 18.2 Å². The van der Waals surface area contributed by atoms with Crippen molar-refractivity contribution < 1.29 is 41.6 Å². The highest BCUT2D eigenvalue weighted by atomic mass is 31.2. The fraction of sp³-hybridized carbons (Fsp3) is 0.353. The highest BCUT2D eigenvalue weighted by Gasteiger charge is 2.50. The van der Waals surface area contributed by atoms with Crippen molar-refractivity contribution in [2.45, 2.75) is 31.2 Å². The lowest BCUT2D eigenvalue weighted by atomic mass is 10.2. The monoisotopic (exact) mass is 460 g/mol. The molecule has 14 heteroatoms. The molecule has 0 radical (unpaired) electrons. The van der Waals surface area contributed by atoms with Gasteiger partial charge in [-0.15, -0.1) is 0 Å². The predicted octanol–water partition coefficient (Wildman–Crippen LogP) is 1.17. The maximum Gasteiger partial charge on any atom is 0.530 e. The maximum absolute atomic E-state index is 15.1. The number of H-pyrrole nitrogens is 1. The highest BCUT2D eigenvalue weighted by molar-refractivity contribution is 7.49. The number of aldehydes is 1. The van der Waals surface area contributed by atoms with Crippen LogP contribution in [0.5, 0.6) is 5.75 Å². The summed E-state index contributed by atoms with van der Waals surface area (Å²) in [5, 5.41) is 10.2. The zero-order valence-electron chi connectivity index (χ0n) is 15.5. The molecule has 4 rings (SSSR count). The number of nitrogens with zero attached hydrogens (tertiary/aromatic N) is 1. The summed E-state index contributed by atoms with van der Waals surface area (Å²) in [5.74, 6) is -3.23. The Morgan fingerprint density at radius 2 is 2.19 bits per heavy atom. The zero-order valence-corrected chi connectivity index (χ0v) is 16.4. The van der Waals surface area contributed by atoms with Gasteiger partial charge in [0.25, 0.3) is 5.56 Å². The van der Waals surface area contributed by atoms with E-state index in [0.29, 0.717) is 4.57 Å². The maximum atomic E-state index is 15.1. The van der Waals surface area contributed by atoms with E-state index in [4.69, 9.17) is 18.3 Å². The Morgan fingerprint density at radius 1 is 1.42 bits per heavy atom. The molecule has 2 aliphatic heterocycles. The van der Waals surface area contributed by atoms with Crippen LogP contribution in [-0.2, 0) is 25.0 Å². The fourth-order valence-corrected chi connectivity index (χ4v) is 4.40. The van der Waals surface area contributed by atoms with Crippen LogP contribution < -0.4 is 15.8 Å². The van der Waals surface area contributed by atoms with Gasteiger partial charge in [-0.1, -0.05) is 0 Å². The van der Waals surface area contributed by atoms with Crippen molar-refractivity contribution >= 4 is 14.1 Å². The first-order valence-electron chi connectivity index (χ1n) is 8.84. The zero-order chi connectivity index (χ0) is 22.4. The molecule has 0 aliphatic carbocycles. The number of carbonyl (C=O) groups is 1. The number of aliphatic hydroxyl groups excluding tert-OH is 1. The Kier molecular flexibility index (Phi) is 5.40. The van der Waals surface area contributed by atoms with Gasteiger partial charge in [0.1, 0.15) is 24.3 Å². The van der Waals surface area contributed by atoms with E-state index in [1.807, 2.05) is 4.98 Å². The minimum absolute atomic E-state index is 0.0373. The summed E-state index contributed by atoms with van der Waals surface area (Å²) in [5.41, 5.74) is -2.16. The number of aliphatic hydroxyl groups is 1. The lowest BCUT2D eigenvalue weighted by molar-refractivity contribution is -0.179. The van der Waals surface area contributed by atoms with Crippen molar-refractivity contribution in [2.75, 3.05) is 6.61 Å². The molecule has 1 fully saturated rings. The first-order valence-corrected chi connectivity index (χ1v) is 10.3. The number of carbonyl (C=O) groups excluding carboxylic acids is 1. The standard InChI is InChI=1S/C17H15F2N2O9P/c18-11-1-2-13-9(3-11)7-27-31(26,30-13)28-8-17(19)4-12(23)15(29-17)21-5-10(6-22)14(24)20-16(21)25/h1-3,5-6,12,15,23H,4,7-8H2,(H,20,24,25)/t12-,15-,17+,31?/m1/s1. The molecule has 1 saturated heterocycles. The van der Waals surface area contributed by atoms with Crippen LogP contribution in [0.1, 0.15) is 28.6 Å². The molecule has 0 bridgehead atoms. The molecule has 2 N–H and O–H groups in total. The second kappa shape index (κ2) is 7.77. The van der Waals surface area contributed by atoms with Crippen LogP contribution in [0, 0.1) is 5.82 Å². The van der Waals surface area contributed by atoms with Crippen molar-refractivity contribution in [2.24, 2.45) is 0 Å². The SMILES string of the molecule is O=Cc1cn([C@@H]2O[C@](F)(COP3(=O)OCc4cc(F)ccc4O3)C[C@H]2O)c(=O)[nH]c1=O. The first-order chi connectivity index (χ1) is 14.6. The molecule has 31 heavy (non-hydrogen) atoms. The van der Waals surface area contributed by atoms with E-state index < -0.39 is 61.7 Å². The van der Waals surface area contributed by atoms with Crippen LogP contribution in [0.15, 0.2) is 34.0 Å². The number of hydrogen-bond donors (Lipinski definition) is 2. The summed E-state index contributed by atoms with van der Waals surface area (Å²) in [6.07, 6.45) is -2.87. The molecule has 1 unspecified atom stereocenters. The Morgan fingerprint density at radius 3 is 2.94 bits per heavy atom. The number of aromatic amines is 1. The molecular formula is C17H15F2N2O9P. The molecule has 166 valence electrons. The third kappa shape index (κ3) is 4.23. The molecule has 2 aliphatic rings. The molecular weight excluding hydrogens is 445 g/mol. The molecule has 11 nitrogen and oxygen atoms in total. The predicted molar refractivity (Wildman–Crippen MR) is 96.7 cm³/mol. The molecule has 4 atom stereocenters. The normalized spacial score (nSPS) is 29.9. The number of rotatable bonds is 5. The smallest absolute Gasteiger partial charge is 0.404 e. The summed E-state index contributed by atoms with van der Waals surface area (Å²) in [4.78, 5) is 36.2. The van der Waals surface area contributed by atoms with Gasteiger partial charge in [-0.2, -0.15) is 0 Å². The van der Waals surface area contributed by atoms with Gasteiger partial charge in [-0.3, -0.25) is 28.2 Å². The average Bonchev–Trinajstić information content (AvgIpc) is 3.02. The van der Waals surface area contributed by atoms with Gasteiger partial charge in [-0.05, 0) is 18.2 Å². The van der Waals surface area contributed by atoms with Gasteiger partial charge in [0.05, 0.1) is 12.2 Å². The van der Waals surface area contributed by atoms with Crippen molar-refractivity contribution in [3.8, 4) is 5.75 Å². The molecule has 1 aromatic carbocycles. The summed E-state index contributed by atoms with van der Waals surface area (Å²) < 4.78 is 61.8. The van der Waals surface area contributed by atoms with Crippen LogP contribution >= 0.6 is 7.82 Å². The van der Waals surface area contributed by atoms with Gasteiger partial charge in [0.2, 0.25) is 5.85 Å². The van der Waals surface area contributed by atoms with Crippen LogP contribution in [-0.4, -0.2) is 39.5 Å². The van der Waals surface area contributed by atoms with Crippen molar-refractivity contribution in [3.05, 3.63) is 62.2 Å². The van der Waals surface area contributed by atoms with E-state index in [-0.39, 0.29) is 24.2 Å². The minimum atomic E-state index is -4.28. The number of alkyl halides is 1. The van der Waals surface area contributed by atoms with E-state index in [9.17, 15) is 28.4 Å². The van der Waals surface area contributed by atoms with Crippen molar-refractivity contribution in [1.29, 1.82) is 0 Å². The Bertz CT molecular complexity index is 1200. The topological polar surface area (TPSA) is 146 Å². The van der Waals surface area contributed by atoms with Crippen molar-refractivity contribution in [1.82, 2.24) is 9.55 Å². The Balaban J connectivity index is 1.49. The molecule has 3 heterocycles. The molecule has 0 amide bonds. The van der Waals surface area contributed by atoms with E-state index in [1.54, 1.807) is 0 Å². The lowest BCUT2D eigenvalue weighted by Crippen LogP contribution is -2.37. The molecule has 0 spiro atoms. The first kappa shape index (κ1) is 21.5. The van der Waals surface area contributed by atoms with E-state index in [1.165, 1.54) is 6.07 Å². The number of hydrogen-bond acceptors (Lipinski definition) is 9. The average molecular weight is 460 g/mol. The minimum Gasteiger partial charge on any atom is -0.404 e. The third-order valence-electron chi connectivity index (χ3n) is 4.62. The summed E-state index contributed by atoms with van der Waals surface area (Å²) in [6.45, 7) is -1.32. The van der Waals surface area contributed by atoms with Gasteiger partial charge >= 0.3 is 13.5 Å². The quantitative estimate of drug-likeness (QED) is 0.496. The largest absolute Gasteiger partial charge is 0.530 e. The number of phosphoric ester groups is 1. The van der Waals surface area contributed by atoms with Crippen LogP contribution in [0.3, 0.4) is 0 Å². The summed E-state index contributed by atoms with van der Waals surface area (Å²) in [7, 11) is -4.28. The molecule has 1 aromatic heterocycles. The van der Waals surface area contributed by atoms with Gasteiger partial charge in [-0.25, -0.2) is 18.1 Å². The van der Waals surface area contributed by atoms with Crippen LogP contribution in [0.25, 0.3) is 0 Å². The van der Waals surface area contributed by atoms with Crippen LogP contribution in [0.2, 0.25) is 0 Å². The van der Waals surface area contributed by atoms with E-state index in [0.717, 1.165) is 18.3 Å². The number of benzene rings is 1. The number of aromatic nitrogens is 2. The van der Waals surface area contributed by atoms with Gasteiger partial charge in [0.15, 0.2) is 12.5 Å². The third-order valence-corrected chi connectivity index (χ3v) is 5.93. The lowest BCUT2D eigenvalue weighted by Gasteiger charge is -2.27. The fourth-order valence-electron chi connectivity index (χ4n) is 3.15. The summed E-state index contributed by atoms with van der Waals surface area (Å²) >= 11 is 0.